The van der Waals surface area contributed by atoms with Crippen molar-refractivity contribution in [2.75, 3.05) is 5.75 Å². The molecule has 0 saturated carbocycles. The zero-order chi connectivity index (χ0) is 10.2. The maximum atomic E-state index is 11.5. The van der Waals surface area contributed by atoms with E-state index in [2.05, 4.69) is 11.1 Å². The van der Waals surface area contributed by atoms with E-state index in [1.807, 2.05) is 24.3 Å². The highest BCUT2D eigenvalue weighted by atomic mass is 32.2. The SMILES string of the molecule is CCS(=O)(=O)c1[c]c2ccccc2[nH]1. The second-order valence-corrected chi connectivity index (χ2v) is 5.24. The summed E-state index contributed by atoms with van der Waals surface area (Å²) in [6, 6.07) is 10.2. The third-order valence-electron chi connectivity index (χ3n) is 2.11. The molecular weight excluding hydrogens is 198 g/mol. The monoisotopic (exact) mass is 208 g/mol. The van der Waals surface area contributed by atoms with Gasteiger partial charge in [0.1, 0.15) is 5.03 Å². The van der Waals surface area contributed by atoms with Crippen LogP contribution in [-0.4, -0.2) is 19.2 Å². The summed E-state index contributed by atoms with van der Waals surface area (Å²) in [4.78, 5) is 2.84. The average Bonchev–Trinajstić information content (AvgIpc) is 2.61. The van der Waals surface area contributed by atoms with Gasteiger partial charge in [-0.15, -0.1) is 0 Å². The molecule has 1 radical (unpaired) electrons. The summed E-state index contributed by atoms with van der Waals surface area (Å²) < 4.78 is 23.0. The second-order valence-electron chi connectivity index (χ2n) is 3.03. The van der Waals surface area contributed by atoms with Crippen LogP contribution in [0.15, 0.2) is 29.3 Å². The van der Waals surface area contributed by atoms with Crippen molar-refractivity contribution < 1.29 is 8.42 Å². The topological polar surface area (TPSA) is 49.9 Å². The smallest absolute Gasteiger partial charge is 0.193 e. The first-order valence-corrected chi connectivity index (χ1v) is 6.01. The Morgan fingerprint density at radius 3 is 2.71 bits per heavy atom. The summed E-state index contributed by atoms with van der Waals surface area (Å²) in [5, 5.41) is 0.987. The van der Waals surface area contributed by atoms with Crippen molar-refractivity contribution in [3.8, 4) is 0 Å². The van der Waals surface area contributed by atoms with Gasteiger partial charge in [0.25, 0.3) is 0 Å². The summed E-state index contributed by atoms with van der Waals surface area (Å²) in [6.45, 7) is 1.62. The second kappa shape index (κ2) is 3.13. The van der Waals surface area contributed by atoms with E-state index in [0.717, 1.165) is 10.9 Å². The zero-order valence-corrected chi connectivity index (χ0v) is 8.56. The number of fused-ring (bicyclic) bond motifs is 1. The first-order chi connectivity index (χ1) is 6.63. The summed E-state index contributed by atoms with van der Waals surface area (Å²) >= 11 is 0. The third-order valence-corrected chi connectivity index (χ3v) is 3.70. The van der Waals surface area contributed by atoms with E-state index in [1.54, 1.807) is 6.92 Å². The van der Waals surface area contributed by atoms with Crippen LogP contribution in [0.2, 0.25) is 0 Å². The Morgan fingerprint density at radius 1 is 1.36 bits per heavy atom. The van der Waals surface area contributed by atoms with Gasteiger partial charge >= 0.3 is 0 Å². The predicted octanol–water partition coefficient (Wildman–Crippen LogP) is 1.76. The molecule has 4 heteroatoms. The molecule has 1 N–H and O–H groups in total. The lowest BCUT2D eigenvalue weighted by Gasteiger charge is -1.94. The van der Waals surface area contributed by atoms with Crippen molar-refractivity contribution in [2.24, 2.45) is 0 Å². The summed E-state index contributed by atoms with van der Waals surface area (Å²) in [5.41, 5.74) is 0.805. The standard InChI is InChI=1S/C10H10NO2S/c1-2-14(12,13)10-7-8-5-3-4-6-9(8)11-10/h3-6,11H,2H2,1H3. The Kier molecular flexibility index (Phi) is 2.07. The van der Waals surface area contributed by atoms with Gasteiger partial charge in [-0.1, -0.05) is 25.1 Å². The molecule has 0 aliphatic rings. The van der Waals surface area contributed by atoms with Crippen LogP contribution in [0, 0.1) is 6.07 Å². The average molecular weight is 208 g/mol. The summed E-state index contributed by atoms with van der Waals surface area (Å²) in [7, 11) is -3.17. The molecule has 1 heterocycles. The highest BCUT2D eigenvalue weighted by Gasteiger charge is 2.14. The largest absolute Gasteiger partial charge is 0.345 e. The molecule has 2 rings (SSSR count). The molecule has 0 atom stereocenters. The summed E-state index contributed by atoms with van der Waals surface area (Å²) in [6.07, 6.45) is 0. The van der Waals surface area contributed by atoms with Crippen LogP contribution in [0.4, 0.5) is 0 Å². The third kappa shape index (κ3) is 1.42. The van der Waals surface area contributed by atoms with Gasteiger partial charge in [-0.3, -0.25) is 0 Å². The maximum absolute atomic E-state index is 11.5. The first-order valence-electron chi connectivity index (χ1n) is 4.36. The minimum Gasteiger partial charge on any atom is -0.345 e. The lowest BCUT2D eigenvalue weighted by molar-refractivity contribution is 0.594. The van der Waals surface area contributed by atoms with Crippen LogP contribution < -0.4 is 0 Å². The van der Waals surface area contributed by atoms with Crippen LogP contribution >= 0.6 is 0 Å². The molecule has 1 aromatic carbocycles. The highest BCUT2D eigenvalue weighted by Crippen LogP contribution is 2.17. The van der Waals surface area contributed by atoms with Crippen LogP contribution in [0.5, 0.6) is 0 Å². The number of sulfone groups is 1. The Balaban J connectivity index is 2.67. The lowest BCUT2D eigenvalue weighted by Crippen LogP contribution is -2.03. The fraction of sp³-hybridized carbons (Fsp3) is 0.200. The van der Waals surface area contributed by atoms with Crippen molar-refractivity contribution in [2.45, 2.75) is 11.9 Å². The van der Waals surface area contributed by atoms with E-state index >= 15 is 0 Å². The molecule has 0 saturated heterocycles. The van der Waals surface area contributed by atoms with Crippen LogP contribution in [-0.2, 0) is 9.84 Å². The Morgan fingerprint density at radius 2 is 2.07 bits per heavy atom. The Bertz CT molecular complexity index is 521. The Labute approximate surface area is 82.7 Å². The normalized spacial score (nSPS) is 12.1. The molecule has 0 fully saturated rings. The summed E-state index contributed by atoms with van der Waals surface area (Å²) in [5.74, 6) is 0.0936. The van der Waals surface area contributed by atoms with E-state index in [-0.39, 0.29) is 10.8 Å². The molecule has 1 aromatic heterocycles. The minimum atomic E-state index is -3.17. The van der Waals surface area contributed by atoms with E-state index < -0.39 is 9.84 Å². The number of aromatic amines is 1. The lowest BCUT2D eigenvalue weighted by atomic mass is 10.3. The van der Waals surface area contributed by atoms with Gasteiger partial charge in [-0.05, 0) is 6.07 Å². The molecule has 2 aromatic rings. The number of hydrogen-bond acceptors (Lipinski definition) is 2. The fourth-order valence-corrected chi connectivity index (χ4v) is 2.10. The Hall–Kier alpha value is -1.29. The molecule has 0 spiro atoms. The van der Waals surface area contributed by atoms with Crippen molar-refractivity contribution in [1.82, 2.24) is 4.98 Å². The van der Waals surface area contributed by atoms with Gasteiger partial charge in [0.15, 0.2) is 9.84 Å². The zero-order valence-electron chi connectivity index (χ0n) is 7.74. The van der Waals surface area contributed by atoms with Gasteiger partial charge in [0.05, 0.1) is 5.75 Å². The van der Waals surface area contributed by atoms with Gasteiger partial charge in [-0.25, -0.2) is 8.42 Å². The fourth-order valence-electron chi connectivity index (χ4n) is 1.28. The van der Waals surface area contributed by atoms with Crippen LogP contribution in [0.3, 0.4) is 0 Å². The number of H-pyrrole nitrogens is 1. The highest BCUT2D eigenvalue weighted by molar-refractivity contribution is 7.91. The van der Waals surface area contributed by atoms with Crippen LogP contribution in [0.1, 0.15) is 6.92 Å². The minimum absolute atomic E-state index is 0.0936. The van der Waals surface area contributed by atoms with E-state index in [0.29, 0.717) is 0 Å². The number of rotatable bonds is 2. The van der Waals surface area contributed by atoms with Gasteiger partial charge in [0, 0.05) is 17.0 Å². The number of para-hydroxylation sites is 1. The maximum Gasteiger partial charge on any atom is 0.193 e. The molecule has 0 aliphatic carbocycles. The van der Waals surface area contributed by atoms with Crippen molar-refractivity contribution in [1.29, 1.82) is 0 Å². The molecular formula is C10H10NO2S. The molecule has 0 amide bonds. The number of nitrogens with one attached hydrogen (secondary N) is 1. The van der Waals surface area contributed by atoms with Gasteiger partial charge in [0.2, 0.25) is 0 Å². The van der Waals surface area contributed by atoms with E-state index in [1.165, 1.54) is 0 Å². The number of hydrogen-bond donors (Lipinski definition) is 1. The van der Waals surface area contributed by atoms with Gasteiger partial charge < -0.3 is 4.98 Å². The molecule has 0 unspecified atom stereocenters. The van der Waals surface area contributed by atoms with Gasteiger partial charge in [-0.2, -0.15) is 0 Å². The molecule has 14 heavy (non-hydrogen) atoms. The molecule has 3 nitrogen and oxygen atoms in total. The molecule has 0 bridgehead atoms. The van der Waals surface area contributed by atoms with Crippen molar-refractivity contribution in [3.05, 3.63) is 30.3 Å². The number of aromatic nitrogens is 1. The first kappa shape index (κ1) is 9.27. The van der Waals surface area contributed by atoms with Crippen LogP contribution in [0.25, 0.3) is 10.9 Å². The predicted molar refractivity (Wildman–Crippen MR) is 54.9 cm³/mol. The quantitative estimate of drug-likeness (QED) is 0.817. The number of benzene rings is 1. The van der Waals surface area contributed by atoms with Crippen molar-refractivity contribution in [3.63, 3.8) is 0 Å². The molecule has 73 valence electrons. The molecule has 0 aliphatic heterocycles. The van der Waals surface area contributed by atoms with E-state index in [9.17, 15) is 8.42 Å². The van der Waals surface area contributed by atoms with Crippen molar-refractivity contribution >= 4 is 20.7 Å². The van der Waals surface area contributed by atoms with E-state index in [4.69, 9.17) is 0 Å².